The summed E-state index contributed by atoms with van der Waals surface area (Å²) in [5, 5.41) is 11.9. The van der Waals surface area contributed by atoms with E-state index in [0.717, 1.165) is 17.7 Å². The van der Waals surface area contributed by atoms with E-state index in [1.807, 2.05) is 42.5 Å². The van der Waals surface area contributed by atoms with Crippen molar-refractivity contribution in [3.63, 3.8) is 0 Å². The number of hydrogen-bond donors (Lipinski definition) is 1. The molecule has 130 valence electrons. The number of ether oxygens (including phenoxy) is 1. The number of benzene rings is 2. The third-order valence-electron chi connectivity index (χ3n) is 3.71. The maximum Gasteiger partial charge on any atom is 0.264 e. The first-order valence-corrected chi connectivity index (χ1v) is 8.98. The van der Waals surface area contributed by atoms with Crippen molar-refractivity contribution in [2.24, 2.45) is 4.99 Å². The minimum atomic E-state index is -0.163. The smallest absolute Gasteiger partial charge is 0.264 e. The van der Waals surface area contributed by atoms with E-state index < -0.39 is 0 Å². The van der Waals surface area contributed by atoms with Gasteiger partial charge in [0.2, 0.25) is 0 Å². The number of amidine groups is 1. The lowest BCUT2D eigenvalue weighted by molar-refractivity contribution is -0.115. The normalized spacial score (nSPS) is 16.5. The zero-order valence-corrected chi connectivity index (χ0v) is 15.0. The van der Waals surface area contributed by atoms with Gasteiger partial charge < -0.3 is 10.1 Å². The molecule has 6 heteroatoms. The van der Waals surface area contributed by atoms with Gasteiger partial charge in [0.25, 0.3) is 5.91 Å². The number of carbonyl (C=O) groups excluding carboxylic acids is 1. The highest BCUT2D eigenvalue weighted by Gasteiger charge is 2.23. The first-order valence-electron chi connectivity index (χ1n) is 8.16. The number of nitrogens with zero attached hydrogens (tertiary/aromatic N) is 2. The monoisotopic (exact) mass is 363 g/mol. The molecule has 0 bridgehead atoms. The van der Waals surface area contributed by atoms with E-state index in [0.29, 0.717) is 15.8 Å². The first kappa shape index (κ1) is 17.8. The molecule has 1 fully saturated rings. The lowest BCUT2D eigenvalue weighted by Crippen LogP contribution is -2.19. The van der Waals surface area contributed by atoms with E-state index in [4.69, 9.17) is 10.00 Å². The Kier molecular flexibility index (Phi) is 5.72. The Morgan fingerprint density at radius 2 is 1.92 bits per heavy atom. The summed E-state index contributed by atoms with van der Waals surface area (Å²) < 4.78 is 5.22. The molecule has 5 nitrogen and oxygen atoms in total. The van der Waals surface area contributed by atoms with Gasteiger partial charge in [-0.1, -0.05) is 31.2 Å². The van der Waals surface area contributed by atoms with Crippen molar-refractivity contribution in [1.29, 1.82) is 5.26 Å². The number of rotatable bonds is 5. The summed E-state index contributed by atoms with van der Waals surface area (Å²) in [6, 6.07) is 17.1. The Morgan fingerprint density at radius 1 is 1.19 bits per heavy atom. The van der Waals surface area contributed by atoms with Gasteiger partial charge in [-0.05, 0) is 59.7 Å². The minimum Gasteiger partial charge on any atom is -0.479 e. The van der Waals surface area contributed by atoms with Crippen LogP contribution in [-0.4, -0.2) is 17.7 Å². The van der Waals surface area contributed by atoms with E-state index in [9.17, 15) is 4.79 Å². The maximum absolute atomic E-state index is 12.1. The SMILES string of the molecule is CCc1ccc(N=C2NC(=O)/C(=C\c3ccc(OCC#N)cc3)S2)cc1. The third kappa shape index (κ3) is 4.52. The predicted octanol–water partition coefficient (Wildman–Crippen LogP) is 4.04. The topological polar surface area (TPSA) is 74.5 Å². The van der Waals surface area contributed by atoms with Crippen LogP contribution in [0.2, 0.25) is 0 Å². The minimum absolute atomic E-state index is 0.0117. The highest BCUT2D eigenvalue weighted by Crippen LogP contribution is 2.28. The standard InChI is InChI=1S/C20H17N3O2S/c1-2-14-3-7-16(8-4-14)22-20-23-19(24)18(26-20)13-15-5-9-17(10-6-15)25-12-11-21/h3-10,13H,2,12H2,1H3,(H,22,23,24)/b18-13+. The third-order valence-corrected chi connectivity index (χ3v) is 4.62. The van der Waals surface area contributed by atoms with E-state index in [1.54, 1.807) is 18.2 Å². The highest BCUT2D eigenvalue weighted by atomic mass is 32.2. The molecule has 1 heterocycles. The predicted molar refractivity (Wildman–Crippen MR) is 104 cm³/mol. The van der Waals surface area contributed by atoms with E-state index in [1.165, 1.54) is 17.3 Å². The second-order valence-corrected chi connectivity index (χ2v) is 6.55. The lowest BCUT2D eigenvalue weighted by atomic mass is 10.2. The average Bonchev–Trinajstić information content (AvgIpc) is 3.00. The molecule has 1 aliphatic heterocycles. The quantitative estimate of drug-likeness (QED) is 0.814. The van der Waals surface area contributed by atoms with Crippen molar-refractivity contribution in [2.45, 2.75) is 13.3 Å². The fourth-order valence-corrected chi connectivity index (χ4v) is 3.17. The van der Waals surface area contributed by atoms with Gasteiger partial charge in [0.15, 0.2) is 11.8 Å². The molecule has 1 saturated heterocycles. The summed E-state index contributed by atoms with van der Waals surface area (Å²) in [5.41, 5.74) is 2.94. The summed E-state index contributed by atoms with van der Waals surface area (Å²) in [7, 11) is 0. The Hall–Kier alpha value is -3.04. The molecule has 2 aromatic rings. The molecule has 0 atom stereocenters. The molecule has 2 aromatic carbocycles. The van der Waals surface area contributed by atoms with Crippen LogP contribution in [0, 0.1) is 11.3 Å². The van der Waals surface area contributed by atoms with Gasteiger partial charge in [-0.25, -0.2) is 4.99 Å². The van der Waals surface area contributed by atoms with Gasteiger partial charge in [0, 0.05) is 0 Å². The molecule has 0 radical (unpaired) electrons. The number of thioether (sulfide) groups is 1. The Bertz CT molecular complexity index is 894. The Balaban J connectivity index is 1.71. The van der Waals surface area contributed by atoms with Crippen LogP contribution in [0.1, 0.15) is 18.1 Å². The molecule has 0 aromatic heterocycles. The fraction of sp³-hybridized carbons (Fsp3) is 0.150. The molecule has 0 unspecified atom stereocenters. The largest absolute Gasteiger partial charge is 0.479 e. The number of aliphatic imine (C=N–C) groups is 1. The van der Waals surface area contributed by atoms with Crippen molar-refractivity contribution in [2.75, 3.05) is 6.61 Å². The molecule has 0 aliphatic carbocycles. The summed E-state index contributed by atoms with van der Waals surface area (Å²) in [4.78, 5) is 17.2. The molecule has 3 rings (SSSR count). The Labute approximate surface area is 156 Å². The molecule has 0 spiro atoms. The molecular weight excluding hydrogens is 346 g/mol. The van der Waals surface area contributed by atoms with Crippen molar-refractivity contribution in [3.05, 3.63) is 64.6 Å². The zero-order valence-electron chi connectivity index (χ0n) is 14.2. The summed E-state index contributed by atoms with van der Waals surface area (Å²) in [6.07, 6.45) is 2.78. The van der Waals surface area contributed by atoms with Crippen LogP contribution in [0.4, 0.5) is 5.69 Å². The van der Waals surface area contributed by atoms with Gasteiger partial charge in [-0.2, -0.15) is 5.26 Å². The van der Waals surface area contributed by atoms with Gasteiger partial charge in [-0.15, -0.1) is 0 Å². The fourth-order valence-electron chi connectivity index (χ4n) is 2.33. The summed E-state index contributed by atoms with van der Waals surface area (Å²) >= 11 is 1.31. The van der Waals surface area contributed by atoms with Crippen LogP contribution in [0.25, 0.3) is 6.08 Å². The van der Waals surface area contributed by atoms with E-state index in [2.05, 4.69) is 17.2 Å². The summed E-state index contributed by atoms with van der Waals surface area (Å²) in [6.45, 7) is 2.12. The highest BCUT2D eigenvalue weighted by molar-refractivity contribution is 8.18. The maximum atomic E-state index is 12.1. The van der Waals surface area contributed by atoms with Gasteiger partial charge in [0.1, 0.15) is 11.8 Å². The Morgan fingerprint density at radius 3 is 2.58 bits per heavy atom. The number of nitriles is 1. The number of nitrogens with one attached hydrogen (secondary N) is 1. The van der Waals surface area contributed by atoms with Crippen LogP contribution in [-0.2, 0) is 11.2 Å². The van der Waals surface area contributed by atoms with E-state index >= 15 is 0 Å². The van der Waals surface area contributed by atoms with Crippen LogP contribution in [0.5, 0.6) is 5.75 Å². The van der Waals surface area contributed by atoms with Gasteiger partial charge in [0.05, 0.1) is 10.6 Å². The summed E-state index contributed by atoms with van der Waals surface area (Å²) in [5.74, 6) is 0.457. The van der Waals surface area contributed by atoms with Crippen molar-refractivity contribution in [1.82, 2.24) is 5.32 Å². The number of aryl methyl sites for hydroxylation is 1. The van der Waals surface area contributed by atoms with Crippen LogP contribution < -0.4 is 10.1 Å². The van der Waals surface area contributed by atoms with E-state index in [-0.39, 0.29) is 12.5 Å². The molecular formula is C20H17N3O2S. The van der Waals surface area contributed by atoms with Crippen molar-refractivity contribution in [3.8, 4) is 11.8 Å². The number of carbonyl (C=O) groups is 1. The number of hydrogen-bond acceptors (Lipinski definition) is 5. The van der Waals surface area contributed by atoms with Crippen LogP contribution >= 0.6 is 11.8 Å². The second-order valence-electron chi connectivity index (χ2n) is 5.52. The zero-order chi connectivity index (χ0) is 18.4. The molecule has 1 N–H and O–H groups in total. The van der Waals surface area contributed by atoms with Crippen LogP contribution in [0.3, 0.4) is 0 Å². The van der Waals surface area contributed by atoms with Gasteiger partial charge >= 0.3 is 0 Å². The van der Waals surface area contributed by atoms with Gasteiger partial charge in [-0.3, -0.25) is 4.79 Å². The molecule has 26 heavy (non-hydrogen) atoms. The molecule has 0 saturated carbocycles. The van der Waals surface area contributed by atoms with Crippen molar-refractivity contribution >= 4 is 34.6 Å². The first-order chi connectivity index (χ1) is 12.7. The van der Waals surface area contributed by atoms with Crippen molar-refractivity contribution < 1.29 is 9.53 Å². The lowest BCUT2D eigenvalue weighted by Gasteiger charge is -2.01. The average molecular weight is 363 g/mol. The molecule has 1 aliphatic rings. The second kappa shape index (κ2) is 8.37. The van der Waals surface area contributed by atoms with Crippen LogP contribution in [0.15, 0.2) is 58.4 Å². The molecule has 1 amide bonds. The number of amides is 1.